The van der Waals surface area contributed by atoms with Crippen molar-refractivity contribution in [3.8, 4) is 23.1 Å². The summed E-state index contributed by atoms with van der Waals surface area (Å²) < 4.78 is 17.7. The quantitative estimate of drug-likeness (QED) is 0.740. The van der Waals surface area contributed by atoms with Crippen molar-refractivity contribution in [1.82, 2.24) is 14.7 Å². The molecule has 2 heterocycles. The molecular weight excluding hydrogens is 374 g/mol. The zero-order valence-electron chi connectivity index (χ0n) is 17.3. The highest BCUT2D eigenvalue weighted by atomic mass is 16.5. The maximum Gasteiger partial charge on any atom is 0.278 e. The number of rotatable bonds is 6. The van der Waals surface area contributed by atoms with E-state index >= 15 is 0 Å². The summed E-state index contributed by atoms with van der Waals surface area (Å²) in [6, 6.07) is 6.51. The summed E-state index contributed by atoms with van der Waals surface area (Å²) in [7, 11) is 3.10. The Morgan fingerprint density at radius 2 is 1.86 bits per heavy atom. The van der Waals surface area contributed by atoms with Crippen LogP contribution in [-0.4, -0.2) is 54.5 Å². The predicted molar refractivity (Wildman–Crippen MR) is 108 cm³/mol. The van der Waals surface area contributed by atoms with Crippen molar-refractivity contribution in [3.05, 3.63) is 40.2 Å². The van der Waals surface area contributed by atoms with Gasteiger partial charge in [0.25, 0.3) is 5.91 Å². The number of piperidine rings is 1. The smallest absolute Gasteiger partial charge is 0.278 e. The van der Waals surface area contributed by atoms with Gasteiger partial charge in [0, 0.05) is 31.3 Å². The third-order valence-corrected chi connectivity index (χ3v) is 4.92. The van der Waals surface area contributed by atoms with E-state index in [0.717, 1.165) is 12.8 Å². The first-order valence-corrected chi connectivity index (χ1v) is 9.76. The molecule has 0 bridgehead atoms. The molecule has 0 N–H and O–H groups in total. The van der Waals surface area contributed by atoms with E-state index in [1.54, 1.807) is 37.3 Å². The van der Waals surface area contributed by atoms with Crippen LogP contribution in [0, 0.1) is 5.92 Å². The summed E-state index contributed by atoms with van der Waals surface area (Å²) in [5.74, 6) is 1.41. The largest absolute Gasteiger partial charge is 0.497 e. The van der Waals surface area contributed by atoms with Crippen molar-refractivity contribution < 1.29 is 19.0 Å². The van der Waals surface area contributed by atoms with Gasteiger partial charge in [-0.2, -0.15) is 9.78 Å². The second-order valence-electron chi connectivity index (χ2n) is 7.11. The average molecular weight is 401 g/mol. The van der Waals surface area contributed by atoms with Crippen LogP contribution in [0.25, 0.3) is 5.69 Å². The van der Waals surface area contributed by atoms with Crippen LogP contribution >= 0.6 is 0 Å². The second kappa shape index (κ2) is 8.98. The lowest BCUT2D eigenvalue weighted by Crippen LogP contribution is -2.41. The van der Waals surface area contributed by atoms with Crippen LogP contribution in [0.5, 0.6) is 17.4 Å². The van der Waals surface area contributed by atoms with Crippen LogP contribution in [-0.2, 0) is 0 Å². The zero-order chi connectivity index (χ0) is 21.0. The molecule has 0 aliphatic carbocycles. The van der Waals surface area contributed by atoms with Crippen LogP contribution in [0.2, 0.25) is 0 Å². The van der Waals surface area contributed by atoms with Crippen molar-refractivity contribution in [2.24, 2.45) is 5.92 Å². The van der Waals surface area contributed by atoms with E-state index in [-0.39, 0.29) is 17.5 Å². The number of hydrogen-bond donors (Lipinski definition) is 0. The van der Waals surface area contributed by atoms with Crippen LogP contribution in [0.15, 0.2) is 29.1 Å². The van der Waals surface area contributed by atoms with E-state index in [4.69, 9.17) is 14.2 Å². The van der Waals surface area contributed by atoms with Gasteiger partial charge in [0.1, 0.15) is 11.5 Å². The minimum absolute atomic E-state index is 0.121. The van der Waals surface area contributed by atoms with Crippen molar-refractivity contribution in [1.29, 1.82) is 0 Å². The molecule has 1 aliphatic rings. The molecule has 0 spiro atoms. The Balaban J connectivity index is 2.10. The summed E-state index contributed by atoms with van der Waals surface area (Å²) in [6.07, 6.45) is 2.00. The van der Waals surface area contributed by atoms with Gasteiger partial charge in [-0.1, -0.05) is 6.92 Å². The minimum Gasteiger partial charge on any atom is -0.497 e. The van der Waals surface area contributed by atoms with Gasteiger partial charge in [-0.3, -0.25) is 9.59 Å². The molecule has 0 saturated carbocycles. The molecule has 1 unspecified atom stereocenters. The predicted octanol–water partition coefficient (Wildman–Crippen LogP) is 2.52. The molecule has 156 valence electrons. The maximum atomic E-state index is 13.0. The van der Waals surface area contributed by atoms with E-state index < -0.39 is 5.43 Å². The van der Waals surface area contributed by atoms with Gasteiger partial charge >= 0.3 is 0 Å². The van der Waals surface area contributed by atoms with E-state index in [2.05, 4.69) is 12.0 Å². The molecule has 3 rings (SSSR count). The molecule has 1 fully saturated rings. The first-order chi connectivity index (χ1) is 14.0. The first kappa shape index (κ1) is 20.7. The van der Waals surface area contributed by atoms with Crippen molar-refractivity contribution in [2.75, 3.05) is 33.9 Å². The van der Waals surface area contributed by atoms with E-state index in [1.807, 2.05) is 6.92 Å². The van der Waals surface area contributed by atoms with Crippen LogP contribution in [0.3, 0.4) is 0 Å². The lowest BCUT2D eigenvalue weighted by molar-refractivity contribution is 0.0673. The van der Waals surface area contributed by atoms with Gasteiger partial charge in [-0.15, -0.1) is 0 Å². The molecule has 29 heavy (non-hydrogen) atoms. The Hall–Kier alpha value is -3.03. The number of nitrogens with zero attached hydrogens (tertiary/aromatic N) is 3. The van der Waals surface area contributed by atoms with E-state index in [1.165, 1.54) is 10.7 Å². The Labute approximate surface area is 170 Å². The molecular formula is C21H27N3O5. The highest BCUT2D eigenvalue weighted by molar-refractivity contribution is 5.92. The third-order valence-electron chi connectivity index (χ3n) is 4.92. The monoisotopic (exact) mass is 401 g/mol. The molecule has 1 atom stereocenters. The summed E-state index contributed by atoms with van der Waals surface area (Å²) in [4.78, 5) is 27.4. The van der Waals surface area contributed by atoms with Crippen molar-refractivity contribution in [3.63, 3.8) is 0 Å². The van der Waals surface area contributed by atoms with Gasteiger partial charge in [-0.05, 0) is 25.7 Å². The SMILES string of the molecule is CCOc1cc(=O)c(C(=O)N2CCCC(C)C2)nn1-c1cc(OC)cc(OC)c1. The number of hydrogen-bond acceptors (Lipinski definition) is 6. The lowest BCUT2D eigenvalue weighted by atomic mass is 10.00. The average Bonchev–Trinajstić information content (AvgIpc) is 2.73. The molecule has 8 nitrogen and oxygen atoms in total. The fourth-order valence-corrected chi connectivity index (χ4v) is 3.46. The number of carbonyl (C=O) groups excluding carboxylic acids is 1. The number of amides is 1. The van der Waals surface area contributed by atoms with Crippen molar-refractivity contribution >= 4 is 5.91 Å². The zero-order valence-corrected chi connectivity index (χ0v) is 17.3. The molecule has 2 aromatic rings. The Bertz CT molecular complexity index is 918. The van der Waals surface area contributed by atoms with Crippen molar-refractivity contribution in [2.45, 2.75) is 26.7 Å². The van der Waals surface area contributed by atoms with Crippen LogP contribution in [0.1, 0.15) is 37.2 Å². The fourth-order valence-electron chi connectivity index (χ4n) is 3.46. The van der Waals surface area contributed by atoms with Crippen LogP contribution in [0.4, 0.5) is 0 Å². The second-order valence-corrected chi connectivity index (χ2v) is 7.11. The molecule has 1 aromatic heterocycles. The fraction of sp³-hybridized carbons (Fsp3) is 0.476. The topological polar surface area (TPSA) is 82.9 Å². The summed E-state index contributed by atoms with van der Waals surface area (Å²) in [5.41, 5.74) is -0.0159. The molecule has 1 amide bonds. The Morgan fingerprint density at radius 1 is 1.17 bits per heavy atom. The van der Waals surface area contributed by atoms with Gasteiger partial charge < -0.3 is 19.1 Å². The highest BCUT2D eigenvalue weighted by Gasteiger charge is 2.26. The minimum atomic E-state index is -0.456. The maximum absolute atomic E-state index is 13.0. The Morgan fingerprint density at radius 3 is 2.45 bits per heavy atom. The first-order valence-electron chi connectivity index (χ1n) is 9.76. The standard InChI is InChI=1S/C21H27N3O5/c1-5-29-19-12-18(25)20(21(26)23-8-6-7-14(2)13-23)22-24(19)15-9-16(27-3)11-17(10-15)28-4/h9-12,14H,5-8,13H2,1-4H3. The van der Waals surface area contributed by atoms with Gasteiger partial charge in [0.05, 0.1) is 32.6 Å². The van der Waals surface area contributed by atoms with E-state index in [0.29, 0.717) is 42.8 Å². The summed E-state index contributed by atoms with van der Waals surface area (Å²) in [5, 5.41) is 4.39. The Kier molecular flexibility index (Phi) is 6.41. The number of aromatic nitrogens is 2. The number of ether oxygens (including phenoxy) is 3. The van der Waals surface area contributed by atoms with Gasteiger partial charge in [0.2, 0.25) is 11.3 Å². The summed E-state index contributed by atoms with van der Waals surface area (Å²) >= 11 is 0. The third kappa shape index (κ3) is 4.52. The van der Waals surface area contributed by atoms with Crippen LogP contribution < -0.4 is 19.6 Å². The summed E-state index contributed by atoms with van der Waals surface area (Å²) in [6.45, 7) is 5.52. The highest BCUT2D eigenvalue weighted by Crippen LogP contribution is 2.27. The van der Waals surface area contributed by atoms with Gasteiger partial charge in [0.15, 0.2) is 5.69 Å². The molecule has 1 saturated heterocycles. The van der Waals surface area contributed by atoms with Gasteiger partial charge in [-0.25, -0.2) is 0 Å². The van der Waals surface area contributed by atoms with E-state index in [9.17, 15) is 9.59 Å². The number of likely N-dealkylation sites (tertiary alicyclic amines) is 1. The molecule has 0 radical (unpaired) electrons. The normalized spacial score (nSPS) is 16.4. The number of benzene rings is 1. The lowest BCUT2D eigenvalue weighted by Gasteiger charge is -2.30. The number of methoxy groups -OCH3 is 2. The number of carbonyl (C=O) groups is 1. The molecule has 8 heteroatoms. The molecule has 1 aliphatic heterocycles. The molecule has 1 aromatic carbocycles.